The first kappa shape index (κ1) is 25.3. The summed E-state index contributed by atoms with van der Waals surface area (Å²) in [5.74, 6) is -0.536. The van der Waals surface area contributed by atoms with E-state index in [1.807, 2.05) is 30.3 Å². The van der Waals surface area contributed by atoms with Crippen molar-refractivity contribution in [2.45, 2.75) is 38.7 Å². The van der Waals surface area contributed by atoms with E-state index in [1.54, 1.807) is 6.92 Å². The quantitative estimate of drug-likeness (QED) is 0.250. The number of para-hydroxylation sites is 1. The van der Waals surface area contributed by atoms with E-state index in [-0.39, 0.29) is 19.6 Å². The summed E-state index contributed by atoms with van der Waals surface area (Å²) in [5, 5.41) is 3.12. The Labute approximate surface area is 194 Å². The number of aromatic amines is 1. The average molecular weight is 499 g/mol. The lowest BCUT2D eigenvalue weighted by atomic mass is 10.2. The molecule has 180 valence electrons. The van der Waals surface area contributed by atoms with Gasteiger partial charge in [0, 0.05) is 37.3 Å². The standard InChI is InChI=1S/C20H26N3O8PS/c1-13-11-23(20(26)22-19(13)25)18-10-16(30-14(2)24)17(31-18)12-29-32(27,33)28-9-8-21-15-6-4-3-5-7-15/h3-7,11,16-18,21H,8-10,12H2,1-2H3,(H,27,33)(H,22,25,26)/t16-,17+,18+,32?/m0/s1. The summed E-state index contributed by atoms with van der Waals surface area (Å²) >= 11 is 5.05. The summed E-state index contributed by atoms with van der Waals surface area (Å²) < 4.78 is 23.1. The molecule has 4 atom stereocenters. The predicted molar refractivity (Wildman–Crippen MR) is 123 cm³/mol. The number of benzene rings is 1. The van der Waals surface area contributed by atoms with E-state index in [0.29, 0.717) is 12.1 Å². The van der Waals surface area contributed by atoms with E-state index < -0.39 is 42.4 Å². The van der Waals surface area contributed by atoms with Crippen molar-refractivity contribution in [1.82, 2.24) is 9.55 Å². The monoisotopic (exact) mass is 499 g/mol. The first-order valence-electron chi connectivity index (χ1n) is 10.2. The Balaban J connectivity index is 1.57. The molecule has 2 aromatic rings. The number of carbonyl (C=O) groups is 1. The lowest BCUT2D eigenvalue weighted by molar-refractivity contribution is -0.150. The molecule has 33 heavy (non-hydrogen) atoms. The largest absolute Gasteiger partial charge is 0.460 e. The minimum absolute atomic E-state index is 0.107. The molecule has 0 radical (unpaired) electrons. The maximum Gasteiger partial charge on any atom is 0.330 e. The van der Waals surface area contributed by atoms with Gasteiger partial charge in [-0.1, -0.05) is 18.2 Å². The van der Waals surface area contributed by atoms with Crippen molar-refractivity contribution in [2.75, 3.05) is 25.1 Å². The molecule has 0 saturated carbocycles. The minimum atomic E-state index is -3.59. The molecule has 11 nitrogen and oxygen atoms in total. The molecular formula is C20H26N3O8PS. The highest BCUT2D eigenvalue weighted by Crippen LogP contribution is 2.44. The molecule has 0 bridgehead atoms. The molecule has 13 heteroatoms. The van der Waals surface area contributed by atoms with Gasteiger partial charge in [-0.05, 0) is 30.9 Å². The number of ether oxygens (including phenoxy) is 2. The van der Waals surface area contributed by atoms with Crippen molar-refractivity contribution < 1.29 is 28.2 Å². The molecule has 1 fully saturated rings. The summed E-state index contributed by atoms with van der Waals surface area (Å²) in [7, 11) is 0. The van der Waals surface area contributed by atoms with Crippen LogP contribution in [0.1, 0.15) is 25.1 Å². The van der Waals surface area contributed by atoms with E-state index in [2.05, 4.69) is 10.3 Å². The van der Waals surface area contributed by atoms with Crippen LogP contribution in [0.5, 0.6) is 0 Å². The Hall–Kier alpha value is -2.34. The van der Waals surface area contributed by atoms with Crippen LogP contribution >= 0.6 is 6.72 Å². The van der Waals surface area contributed by atoms with Crippen molar-refractivity contribution in [3.63, 3.8) is 0 Å². The Morgan fingerprint density at radius 1 is 1.33 bits per heavy atom. The van der Waals surface area contributed by atoms with Gasteiger partial charge < -0.3 is 28.7 Å². The van der Waals surface area contributed by atoms with E-state index >= 15 is 0 Å². The lowest BCUT2D eigenvalue weighted by Gasteiger charge is -2.22. The number of hydrogen-bond donors (Lipinski definition) is 3. The summed E-state index contributed by atoms with van der Waals surface area (Å²) in [6, 6.07) is 9.46. The van der Waals surface area contributed by atoms with Crippen molar-refractivity contribution in [2.24, 2.45) is 0 Å². The summed E-state index contributed by atoms with van der Waals surface area (Å²) in [6.45, 7) is -0.488. The zero-order valence-corrected chi connectivity index (χ0v) is 19.8. The smallest absolute Gasteiger partial charge is 0.330 e. The van der Waals surface area contributed by atoms with Crippen LogP contribution in [0.4, 0.5) is 5.69 Å². The van der Waals surface area contributed by atoms with Gasteiger partial charge in [-0.3, -0.25) is 19.1 Å². The lowest BCUT2D eigenvalue weighted by Crippen LogP contribution is -2.33. The number of aromatic nitrogens is 2. The highest BCUT2D eigenvalue weighted by Gasteiger charge is 2.40. The first-order valence-corrected chi connectivity index (χ1v) is 12.8. The maximum absolute atomic E-state index is 12.2. The molecule has 0 aliphatic carbocycles. The highest BCUT2D eigenvalue weighted by molar-refractivity contribution is 8.07. The molecular weight excluding hydrogens is 473 g/mol. The number of anilines is 1. The molecule has 1 saturated heterocycles. The fraction of sp³-hybridized carbons (Fsp3) is 0.450. The third kappa shape index (κ3) is 7.32. The summed E-state index contributed by atoms with van der Waals surface area (Å²) in [5.41, 5.74) is 0.0757. The van der Waals surface area contributed by atoms with E-state index in [0.717, 1.165) is 5.69 Å². The molecule has 0 spiro atoms. The zero-order valence-electron chi connectivity index (χ0n) is 18.1. The number of aryl methyl sites for hydroxylation is 1. The fourth-order valence-electron chi connectivity index (χ4n) is 3.28. The highest BCUT2D eigenvalue weighted by atomic mass is 32.5. The molecule has 2 heterocycles. The molecule has 0 amide bonds. The molecule has 1 aliphatic heterocycles. The minimum Gasteiger partial charge on any atom is -0.460 e. The van der Waals surface area contributed by atoms with Crippen molar-refractivity contribution in [3.8, 4) is 0 Å². The second-order valence-electron chi connectivity index (χ2n) is 7.38. The van der Waals surface area contributed by atoms with Gasteiger partial charge in [0.15, 0.2) is 0 Å². The number of rotatable bonds is 10. The van der Waals surface area contributed by atoms with Crippen LogP contribution in [-0.4, -0.2) is 52.4 Å². The van der Waals surface area contributed by atoms with E-state index in [9.17, 15) is 19.3 Å². The van der Waals surface area contributed by atoms with Gasteiger partial charge in [0.25, 0.3) is 5.56 Å². The van der Waals surface area contributed by atoms with Crippen LogP contribution in [0, 0.1) is 6.92 Å². The molecule has 3 N–H and O–H groups in total. The van der Waals surface area contributed by atoms with Gasteiger partial charge in [-0.25, -0.2) is 4.79 Å². The maximum atomic E-state index is 12.2. The number of H-pyrrole nitrogens is 1. The van der Waals surface area contributed by atoms with Gasteiger partial charge in [0.05, 0.1) is 13.2 Å². The first-order chi connectivity index (χ1) is 15.6. The third-order valence-corrected chi connectivity index (χ3v) is 6.43. The van der Waals surface area contributed by atoms with Crippen molar-refractivity contribution >= 4 is 30.2 Å². The van der Waals surface area contributed by atoms with Crippen LogP contribution in [0.15, 0.2) is 46.1 Å². The molecule has 1 aromatic heterocycles. The number of esters is 1. The van der Waals surface area contributed by atoms with Gasteiger partial charge in [-0.2, -0.15) is 0 Å². The Bertz CT molecular complexity index is 1120. The number of nitrogens with zero attached hydrogens (tertiary/aromatic N) is 1. The Morgan fingerprint density at radius 3 is 2.76 bits per heavy atom. The number of carbonyl (C=O) groups excluding carboxylic acids is 1. The van der Waals surface area contributed by atoms with Crippen LogP contribution in [0.3, 0.4) is 0 Å². The predicted octanol–water partition coefficient (Wildman–Crippen LogP) is 1.43. The van der Waals surface area contributed by atoms with Gasteiger partial charge in [-0.15, -0.1) is 0 Å². The van der Waals surface area contributed by atoms with Crippen molar-refractivity contribution in [1.29, 1.82) is 0 Å². The molecule has 3 rings (SSSR count). The summed E-state index contributed by atoms with van der Waals surface area (Å²) in [6.07, 6.45) is -0.840. The van der Waals surface area contributed by atoms with Crippen LogP contribution in [-0.2, 0) is 35.1 Å². The van der Waals surface area contributed by atoms with Crippen molar-refractivity contribution in [3.05, 3.63) is 62.9 Å². The normalized spacial score (nSPS) is 22.0. The topological polar surface area (TPSA) is 141 Å². The molecule has 1 unspecified atom stereocenters. The SMILES string of the molecule is CC(=O)O[C@H]1C[C@H](n2cc(C)c(=O)[nH]c2=O)O[C@@H]1COP(O)(=S)OCCNc1ccccc1. The third-order valence-electron chi connectivity index (χ3n) is 4.82. The Kier molecular flexibility index (Phi) is 8.57. The zero-order chi connectivity index (χ0) is 24.0. The van der Waals surface area contributed by atoms with Crippen LogP contribution in [0.2, 0.25) is 0 Å². The van der Waals surface area contributed by atoms with E-state index in [4.69, 9.17) is 30.3 Å². The summed E-state index contributed by atoms with van der Waals surface area (Å²) in [4.78, 5) is 47.9. The van der Waals surface area contributed by atoms with Gasteiger partial charge in [0.1, 0.15) is 18.4 Å². The Morgan fingerprint density at radius 2 is 2.06 bits per heavy atom. The van der Waals surface area contributed by atoms with Gasteiger partial charge in [0.2, 0.25) is 0 Å². The number of hydrogen-bond acceptors (Lipinski definition) is 9. The second-order valence-corrected chi connectivity index (χ2v) is 10.2. The van der Waals surface area contributed by atoms with Crippen LogP contribution in [0.25, 0.3) is 0 Å². The fourth-order valence-corrected chi connectivity index (χ4v) is 4.41. The second kappa shape index (κ2) is 11.2. The van der Waals surface area contributed by atoms with Gasteiger partial charge >= 0.3 is 18.4 Å². The number of nitrogens with one attached hydrogen (secondary N) is 2. The van der Waals surface area contributed by atoms with Crippen LogP contribution < -0.4 is 16.6 Å². The van der Waals surface area contributed by atoms with E-state index in [1.165, 1.54) is 17.7 Å². The molecule has 1 aromatic carbocycles. The molecule has 1 aliphatic rings. The average Bonchev–Trinajstić information content (AvgIpc) is 3.15.